The Balaban J connectivity index is 2.14. The SMILES string of the molecule is Cn1cc(Oc2ccc(CCN)c(Br)c2)cn1. The predicted molar refractivity (Wildman–Crippen MR) is 70.2 cm³/mol. The molecule has 90 valence electrons. The molecule has 2 N–H and O–H groups in total. The summed E-state index contributed by atoms with van der Waals surface area (Å²) in [5.41, 5.74) is 6.72. The molecule has 1 aromatic heterocycles. The van der Waals surface area contributed by atoms with Crippen LogP contribution in [0, 0.1) is 0 Å². The van der Waals surface area contributed by atoms with Crippen molar-refractivity contribution in [2.75, 3.05) is 6.54 Å². The minimum atomic E-state index is 0.640. The number of halogens is 1. The number of hydrogen-bond acceptors (Lipinski definition) is 3. The van der Waals surface area contributed by atoms with Crippen LogP contribution in [-0.4, -0.2) is 16.3 Å². The van der Waals surface area contributed by atoms with Crippen LogP contribution in [0.25, 0.3) is 0 Å². The topological polar surface area (TPSA) is 53.1 Å². The van der Waals surface area contributed by atoms with Crippen LogP contribution in [0.4, 0.5) is 0 Å². The summed E-state index contributed by atoms with van der Waals surface area (Å²) in [6.45, 7) is 0.640. The van der Waals surface area contributed by atoms with Gasteiger partial charge in [-0.1, -0.05) is 22.0 Å². The lowest BCUT2D eigenvalue weighted by molar-refractivity contribution is 0.481. The van der Waals surface area contributed by atoms with Crippen LogP contribution in [-0.2, 0) is 13.5 Å². The van der Waals surface area contributed by atoms with E-state index in [1.807, 2.05) is 31.4 Å². The first-order valence-electron chi connectivity index (χ1n) is 5.34. The fourth-order valence-electron chi connectivity index (χ4n) is 1.54. The van der Waals surface area contributed by atoms with Gasteiger partial charge in [0, 0.05) is 11.5 Å². The maximum Gasteiger partial charge on any atom is 0.165 e. The highest BCUT2D eigenvalue weighted by Crippen LogP contribution is 2.26. The molecule has 0 amide bonds. The average molecular weight is 296 g/mol. The molecule has 0 aliphatic rings. The van der Waals surface area contributed by atoms with E-state index in [0.29, 0.717) is 6.54 Å². The Morgan fingerprint density at radius 1 is 1.41 bits per heavy atom. The van der Waals surface area contributed by atoms with Crippen molar-refractivity contribution < 1.29 is 4.74 Å². The number of aromatic nitrogens is 2. The van der Waals surface area contributed by atoms with Crippen LogP contribution in [0.5, 0.6) is 11.5 Å². The molecule has 0 bridgehead atoms. The number of rotatable bonds is 4. The van der Waals surface area contributed by atoms with E-state index in [0.717, 1.165) is 22.4 Å². The van der Waals surface area contributed by atoms with E-state index in [4.69, 9.17) is 10.5 Å². The largest absolute Gasteiger partial charge is 0.454 e. The van der Waals surface area contributed by atoms with Crippen molar-refractivity contribution in [1.82, 2.24) is 9.78 Å². The third-order valence-corrected chi connectivity index (χ3v) is 3.09. The second-order valence-corrected chi connectivity index (χ2v) is 4.60. The van der Waals surface area contributed by atoms with E-state index < -0.39 is 0 Å². The van der Waals surface area contributed by atoms with Crippen LogP contribution in [0.3, 0.4) is 0 Å². The Bertz CT molecular complexity index is 510. The minimum Gasteiger partial charge on any atom is -0.454 e. The fraction of sp³-hybridized carbons (Fsp3) is 0.250. The molecule has 0 unspecified atom stereocenters. The van der Waals surface area contributed by atoms with Gasteiger partial charge in [-0.15, -0.1) is 0 Å². The zero-order valence-corrected chi connectivity index (χ0v) is 11.1. The molecule has 0 saturated heterocycles. The molecule has 0 radical (unpaired) electrons. The summed E-state index contributed by atoms with van der Waals surface area (Å²) in [5, 5.41) is 4.05. The lowest BCUT2D eigenvalue weighted by atomic mass is 10.1. The van der Waals surface area contributed by atoms with E-state index >= 15 is 0 Å². The summed E-state index contributed by atoms with van der Waals surface area (Å²) in [4.78, 5) is 0. The molecule has 5 heteroatoms. The van der Waals surface area contributed by atoms with E-state index in [1.54, 1.807) is 10.9 Å². The Morgan fingerprint density at radius 3 is 2.82 bits per heavy atom. The zero-order valence-electron chi connectivity index (χ0n) is 9.56. The summed E-state index contributed by atoms with van der Waals surface area (Å²) in [5.74, 6) is 1.51. The van der Waals surface area contributed by atoms with Gasteiger partial charge in [0.1, 0.15) is 5.75 Å². The summed E-state index contributed by atoms with van der Waals surface area (Å²) in [6, 6.07) is 5.89. The van der Waals surface area contributed by atoms with Gasteiger partial charge in [0.25, 0.3) is 0 Å². The zero-order chi connectivity index (χ0) is 12.3. The smallest absolute Gasteiger partial charge is 0.165 e. The Kier molecular flexibility index (Phi) is 3.81. The molecular weight excluding hydrogens is 282 g/mol. The molecular formula is C12H14BrN3O. The van der Waals surface area contributed by atoms with Gasteiger partial charge >= 0.3 is 0 Å². The molecule has 0 atom stereocenters. The Hall–Kier alpha value is -1.33. The number of aryl methyl sites for hydroxylation is 1. The first-order chi connectivity index (χ1) is 8.19. The number of ether oxygens (including phenoxy) is 1. The summed E-state index contributed by atoms with van der Waals surface area (Å²) in [7, 11) is 1.85. The third-order valence-electron chi connectivity index (χ3n) is 2.36. The highest BCUT2D eigenvalue weighted by atomic mass is 79.9. The van der Waals surface area contributed by atoms with Crippen LogP contribution < -0.4 is 10.5 Å². The second kappa shape index (κ2) is 5.33. The van der Waals surface area contributed by atoms with Crippen LogP contribution in [0.2, 0.25) is 0 Å². The van der Waals surface area contributed by atoms with Crippen LogP contribution >= 0.6 is 15.9 Å². The van der Waals surface area contributed by atoms with Crippen molar-refractivity contribution in [2.45, 2.75) is 6.42 Å². The molecule has 0 saturated carbocycles. The standard InChI is InChI=1S/C12H14BrN3O/c1-16-8-11(7-15-16)17-10-3-2-9(4-5-14)12(13)6-10/h2-3,6-8H,4-5,14H2,1H3. The van der Waals surface area contributed by atoms with E-state index in [2.05, 4.69) is 21.0 Å². The van der Waals surface area contributed by atoms with Crippen molar-refractivity contribution in [3.63, 3.8) is 0 Å². The summed E-state index contributed by atoms with van der Waals surface area (Å²) < 4.78 is 8.39. The highest BCUT2D eigenvalue weighted by Gasteiger charge is 2.04. The average Bonchev–Trinajstić information content (AvgIpc) is 2.68. The van der Waals surface area contributed by atoms with E-state index in [-0.39, 0.29) is 0 Å². The molecule has 0 spiro atoms. The molecule has 2 aromatic rings. The number of nitrogens with two attached hydrogens (primary N) is 1. The lowest BCUT2D eigenvalue weighted by Crippen LogP contribution is -2.03. The maximum atomic E-state index is 5.67. The van der Waals surface area contributed by atoms with Crippen LogP contribution in [0.15, 0.2) is 35.1 Å². The molecule has 0 aliphatic carbocycles. The Labute approximate surface area is 109 Å². The van der Waals surface area contributed by atoms with Crippen molar-refractivity contribution in [1.29, 1.82) is 0 Å². The van der Waals surface area contributed by atoms with Crippen molar-refractivity contribution in [3.8, 4) is 11.5 Å². The minimum absolute atomic E-state index is 0.640. The molecule has 2 rings (SSSR count). The van der Waals surface area contributed by atoms with Gasteiger partial charge < -0.3 is 10.5 Å². The van der Waals surface area contributed by atoms with E-state index in [1.165, 1.54) is 5.56 Å². The van der Waals surface area contributed by atoms with Crippen molar-refractivity contribution in [2.24, 2.45) is 12.8 Å². The van der Waals surface area contributed by atoms with Gasteiger partial charge in [-0.2, -0.15) is 5.10 Å². The van der Waals surface area contributed by atoms with Gasteiger partial charge in [-0.05, 0) is 30.7 Å². The fourth-order valence-corrected chi connectivity index (χ4v) is 2.09. The molecule has 4 nitrogen and oxygen atoms in total. The maximum absolute atomic E-state index is 5.67. The molecule has 1 aromatic carbocycles. The first kappa shape index (κ1) is 12.1. The third kappa shape index (κ3) is 3.08. The molecule has 0 aliphatic heterocycles. The van der Waals surface area contributed by atoms with Gasteiger partial charge in [0.05, 0.1) is 12.4 Å². The quantitative estimate of drug-likeness (QED) is 0.943. The monoisotopic (exact) mass is 295 g/mol. The molecule has 1 heterocycles. The molecule has 17 heavy (non-hydrogen) atoms. The van der Waals surface area contributed by atoms with Gasteiger partial charge in [0.15, 0.2) is 5.75 Å². The lowest BCUT2D eigenvalue weighted by Gasteiger charge is -2.06. The summed E-state index contributed by atoms with van der Waals surface area (Å²) in [6.07, 6.45) is 4.36. The number of hydrogen-bond donors (Lipinski definition) is 1. The first-order valence-corrected chi connectivity index (χ1v) is 6.13. The van der Waals surface area contributed by atoms with E-state index in [9.17, 15) is 0 Å². The highest BCUT2D eigenvalue weighted by molar-refractivity contribution is 9.10. The predicted octanol–water partition coefficient (Wildman–Crippen LogP) is 2.48. The Morgan fingerprint density at radius 2 is 2.24 bits per heavy atom. The van der Waals surface area contributed by atoms with Crippen LogP contribution in [0.1, 0.15) is 5.56 Å². The van der Waals surface area contributed by atoms with Gasteiger partial charge in [-0.3, -0.25) is 4.68 Å². The van der Waals surface area contributed by atoms with Crippen molar-refractivity contribution in [3.05, 3.63) is 40.6 Å². The second-order valence-electron chi connectivity index (χ2n) is 3.74. The molecule has 0 fully saturated rings. The number of nitrogens with zero attached hydrogens (tertiary/aromatic N) is 2. The summed E-state index contributed by atoms with van der Waals surface area (Å²) >= 11 is 3.51. The van der Waals surface area contributed by atoms with Crippen molar-refractivity contribution >= 4 is 15.9 Å². The van der Waals surface area contributed by atoms with Gasteiger partial charge in [-0.25, -0.2) is 0 Å². The van der Waals surface area contributed by atoms with Gasteiger partial charge in [0.2, 0.25) is 0 Å². The number of benzene rings is 1. The normalized spacial score (nSPS) is 10.5.